The first-order valence-electron chi connectivity index (χ1n) is 11.7. The van der Waals surface area contributed by atoms with Gasteiger partial charge < -0.3 is 15.2 Å². The van der Waals surface area contributed by atoms with Gasteiger partial charge in [-0.05, 0) is 57.7 Å². The molecule has 1 aliphatic rings. The molecule has 0 radical (unpaired) electrons. The molecule has 3 rings (SSSR count). The van der Waals surface area contributed by atoms with E-state index in [1.54, 1.807) is 24.3 Å². The summed E-state index contributed by atoms with van der Waals surface area (Å²) in [6, 6.07) is 7.73. The lowest BCUT2D eigenvalue weighted by Gasteiger charge is -2.52. The third-order valence-electron chi connectivity index (χ3n) is 6.40. The van der Waals surface area contributed by atoms with Crippen LogP contribution in [0.4, 0.5) is 4.79 Å². The Morgan fingerprint density at radius 3 is 2.40 bits per heavy atom. The zero-order valence-electron chi connectivity index (χ0n) is 20.7. The normalized spacial score (nSPS) is 17.9. The maximum atomic E-state index is 12.8. The minimum Gasteiger partial charge on any atom is -0.481 e. The molecule has 1 amide bonds. The van der Waals surface area contributed by atoms with Gasteiger partial charge in [-0.2, -0.15) is 4.80 Å². The molecule has 1 saturated heterocycles. The number of nitrogens with one attached hydrogen (secondary N) is 1. The molecule has 1 aromatic heterocycles. The van der Waals surface area contributed by atoms with Gasteiger partial charge in [0.05, 0.1) is 13.0 Å². The van der Waals surface area contributed by atoms with Crippen molar-refractivity contribution in [3.63, 3.8) is 0 Å². The maximum Gasteiger partial charge on any atom is 0.408 e. The Morgan fingerprint density at radius 2 is 1.77 bits per heavy atom. The largest absolute Gasteiger partial charge is 0.481 e. The number of tetrazole rings is 1. The zero-order valence-corrected chi connectivity index (χ0v) is 20.7. The van der Waals surface area contributed by atoms with Crippen molar-refractivity contribution in [3.05, 3.63) is 41.7 Å². The van der Waals surface area contributed by atoms with E-state index in [1.165, 1.54) is 0 Å². The summed E-state index contributed by atoms with van der Waals surface area (Å²) in [5, 5.41) is 23.9. The Morgan fingerprint density at radius 1 is 1.11 bits per heavy atom. The standard InChI is InChI=1S/C24H34N6O5/c1-23(2)11-8-12-24(3,4)29(23)15-20-26-28-30(27-20)14-19(31)18(13-21(32)33)25-22(34)35-16-17-9-6-5-7-10-17/h5-7,9-10,18H,8,11-16H2,1-4H3,(H,25,34)(H,32,33). The van der Waals surface area contributed by atoms with Crippen LogP contribution in [0.2, 0.25) is 0 Å². The van der Waals surface area contributed by atoms with Gasteiger partial charge in [0.1, 0.15) is 19.2 Å². The van der Waals surface area contributed by atoms with Crippen LogP contribution >= 0.6 is 0 Å². The minimum absolute atomic E-state index is 0.00214. The van der Waals surface area contributed by atoms with Gasteiger partial charge in [0.15, 0.2) is 11.6 Å². The second-order valence-corrected chi connectivity index (χ2v) is 10.1. The van der Waals surface area contributed by atoms with E-state index in [4.69, 9.17) is 4.74 Å². The van der Waals surface area contributed by atoms with Crippen LogP contribution in [-0.4, -0.2) is 65.2 Å². The molecule has 11 nitrogen and oxygen atoms in total. The van der Waals surface area contributed by atoms with Crippen LogP contribution in [0.5, 0.6) is 0 Å². The number of ether oxygens (including phenoxy) is 1. The van der Waals surface area contributed by atoms with Crippen molar-refractivity contribution >= 4 is 17.8 Å². The number of aromatic nitrogens is 4. The number of carbonyl (C=O) groups excluding carboxylic acids is 2. The number of carboxylic acid groups (broad SMARTS) is 1. The smallest absolute Gasteiger partial charge is 0.408 e. The number of benzene rings is 1. The summed E-state index contributed by atoms with van der Waals surface area (Å²) < 4.78 is 5.12. The van der Waals surface area contributed by atoms with E-state index in [1.807, 2.05) is 6.07 Å². The molecule has 2 heterocycles. The van der Waals surface area contributed by atoms with Crippen LogP contribution < -0.4 is 5.32 Å². The lowest BCUT2D eigenvalue weighted by atomic mass is 9.80. The van der Waals surface area contributed by atoms with Crippen molar-refractivity contribution in [1.29, 1.82) is 0 Å². The number of aliphatic carboxylic acids is 1. The molecule has 0 spiro atoms. The SMILES string of the molecule is CC1(C)CCCC(C)(C)N1Cc1nnn(CC(=O)C(CC(=O)O)NC(=O)OCc2ccccc2)n1. The second kappa shape index (κ2) is 10.9. The Hall–Kier alpha value is -3.34. The fourth-order valence-corrected chi connectivity index (χ4v) is 4.60. The predicted octanol–water partition coefficient (Wildman–Crippen LogP) is 2.56. The fourth-order valence-electron chi connectivity index (χ4n) is 4.60. The molecule has 2 aromatic rings. The number of alkyl carbamates (subject to hydrolysis) is 1. The van der Waals surface area contributed by atoms with Crippen LogP contribution in [-0.2, 0) is 34.0 Å². The van der Waals surface area contributed by atoms with Crippen LogP contribution in [0.3, 0.4) is 0 Å². The Labute approximate surface area is 204 Å². The molecule has 1 aromatic carbocycles. The van der Waals surface area contributed by atoms with Crippen LogP contribution in [0.1, 0.15) is 64.8 Å². The molecule has 2 N–H and O–H groups in total. The number of hydrogen-bond acceptors (Lipinski definition) is 8. The molecular formula is C24H34N6O5. The molecule has 35 heavy (non-hydrogen) atoms. The van der Waals surface area contributed by atoms with Crippen molar-refractivity contribution in [2.45, 2.75) is 90.2 Å². The Bertz CT molecular complexity index is 1020. The van der Waals surface area contributed by atoms with Crippen molar-refractivity contribution in [3.8, 4) is 0 Å². The minimum atomic E-state index is -1.29. The summed E-state index contributed by atoms with van der Waals surface area (Å²) >= 11 is 0. The van der Waals surface area contributed by atoms with Gasteiger partial charge in [-0.1, -0.05) is 30.3 Å². The second-order valence-electron chi connectivity index (χ2n) is 10.1. The highest BCUT2D eigenvalue weighted by Crippen LogP contribution is 2.38. The summed E-state index contributed by atoms with van der Waals surface area (Å²) in [4.78, 5) is 39.7. The summed E-state index contributed by atoms with van der Waals surface area (Å²) in [5.74, 6) is -1.31. The summed E-state index contributed by atoms with van der Waals surface area (Å²) in [6.07, 6.45) is 1.81. The lowest BCUT2D eigenvalue weighted by Crippen LogP contribution is -2.57. The summed E-state index contributed by atoms with van der Waals surface area (Å²) in [5.41, 5.74) is 0.711. The van der Waals surface area contributed by atoms with Crippen molar-refractivity contribution in [2.24, 2.45) is 0 Å². The number of rotatable bonds is 10. The first kappa shape index (κ1) is 26.3. The van der Waals surface area contributed by atoms with Gasteiger partial charge in [0, 0.05) is 11.1 Å². The van der Waals surface area contributed by atoms with E-state index in [0.29, 0.717) is 12.4 Å². The Balaban J connectivity index is 1.60. The van der Waals surface area contributed by atoms with E-state index in [9.17, 15) is 19.5 Å². The number of carbonyl (C=O) groups is 3. The van der Waals surface area contributed by atoms with E-state index >= 15 is 0 Å². The number of likely N-dealkylation sites (tertiary alicyclic amines) is 1. The van der Waals surface area contributed by atoms with Gasteiger partial charge in [-0.15, -0.1) is 10.2 Å². The topological polar surface area (TPSA) is 140 Å². The van der Waals surface area contributed by atoms with E-state index in [0.717, 1.165) is 29.6 Å². The van der Waals surface area contributed by atoms with Crippen LogP contribution in [0.25, 0.3) is 0 Å². The first-order valence-corrected chi connectivity index (χ1v) is 11.7. The first-order chi connectivity index (χ1) is 16.5. The summed E-state index contributed by atoms with van der Waals surface area (Å²) in [6.45, 7) is 8.94. The third-order valence-corrected chi connectivity index (χ3v) is 6.40. The molecule has 0 aliphatic carbocycles. The molecule has 0 saturated carbocycles. The fraction of sp³-hybridized carbons (Fsp3) is 0.583. The number of Topliss-reactive ketones (excluding diaryl/α,β-unsaturated/α-hetero) is 1. The molecule has 1 aliphatic heterocycles. The summed E-state index contributed by atoms with van der Waals surface area (Å²) in [7, 11) is 0. The molecule has 11 heteroatoms. The number of nitrogens with zero attached hydrogens (tertiary/aromatic N) is 5. The maximum absolute atomic E-state index is 12.8. The van der Waals surface area contributed by atoms with Crippen molar-refractivity contribution < 1.29 is 24.2 Å². The average molecular weight is 487 g/mol. The molecule has 1 atom stereocenters. The highest BCUT2D eigenvalue weighted by atomic mass is 16.5. The number of ketones is 1. The van der Waals surface area contributed by atoms with E-state index in [2.05, 4.69) is 53.3 Å². The highest BCUT2D eigenvalue weighted by molar-refractivity contribution is 5.90. The van der Waals surface area contributed by atoms with Gasteiger partial charge in [0.2, 0.25) is 0 Å². The van der Waals surface area contributed by atoms with E-state index < -0.39 is 30.3 Å². The average Bonchev–Trinajstić information content (AvgIpc) is 3.21. The zero-order chi connectivity index (χ0) is 25.6. The number of hydrogen-bond donors (Lipinski definition) is 2. The van der Waals surface area contributed by atoms with Gasteiger partial charge in [0.25, 0.3) is 0 Å². The number of amides is 1. The van der Waals surface area contributed by atoms with Crippen LogP contribution in [0.15, 0.2) is 30.3 Å². The quantitative estimate of drug-likeness (QED) is 0.518. The monoisotopic (exact) mass is 486 g/mol. The molecule has 190 valence electrons. The number of piperidine rings is 1. The van der Waals surface area contributed by atoms with Crippen molar-refractivity contribution in [1.82, 2.24) is 30.4 Å². The molecule has 1 unspecified atom stereocenters. The van der Waals surface area contributed by atoms with Gasteiger partial charge in [-0.3, -0.25) is 14.5 Å². The number of carboxylic acids is 1. The van der Waals surface area contributed by atoms with E-state index in [-0.39, 0.29) is 24.2 Å². The van der Waals surface area contributed by atoms with Gasteiger partial charge in [-0.25, -0.2) is 4.79 Å². The third kappa shape index (κ3) is 7.32. The predicted molar refractivity (Wildman–Crippen MR) is 126 cm³/mol. The Kier molecular flexibility index (Phi) is 8.21. The van der Waals surface area contributed by atoms with Crippen LogP contribution in [0, 0.1) is 0 Å². The highest BCUT2D eigenvalue weighted by Gasteiger charge is 2.41. The molecule has 0 bridgehead atoms. The van der Waals surface area contributed by atoms with Crippen molar-refractivity contribution in [2.75, 3.05) is 0 Å². The molecular weight excluding hydrogens is 452 g/mol. The molecule has 1 fully saturated rings. The van der Waals surface area contributed by atoms with Gasteiger partial charge >= 0.3 is 12.1 Å². The lowest BCUT2D eigenvalue weighted by molar-refractivity contribution is -0.139.